The van der Waals surface area contributed by atoms with E-state index in [1.807, 2.05) is 32.9 Å². The first kappa shape index (κ1) is 41.3. The van der Waals surface area contributed by atoms with Crippen LogP contribution in [0.5, 0.6) is 5.75 Å². The summed E-state index contributed by atoms with van der Waals surface area (Å²) in [5.41, 5.74) is 9.81. The van der Waals surface area contributed by atoms with E-state index in [9.17, 15) is 19.2 Å². The van der Waals surface area contributed by atoms with Gasteiger partial charge in [0, 0.05) is 51.8 Å². The van der Waals surface area contributed by atoms with Crippen LogP contribution in [0.2, 0.25) is 0 Å². The van der Waals surface area contributed by atoms with Crippen molar-refractivity contribution in [3.8, 4) is 5.75 Å². The molecule has 0 unspecified atom stereocenters. The van der Waals surface area contributed by atoms with E-state index in [4.69, 9.17) is 34.3 Å². The lowest BCUT2D eigenvalue weighted by Gasteiger charge is -2.26. The Balaban J connectivity index is 1.24. The molecule has 7 rings (SSSR count). The fourth-order valence-corrected chi connectivity index (χ4v) is 7.06. The molecule has 0 atom stereocenters. The average molecular weight is 822 g/mol. The first-order valence-electron chi connectivity index (χ1n) is 19.6. The molecule has 0 saturated carbocycles. The Morgan fingerprint density at radius 3 is 2.30 bits per heavy atom. The summed E-state index contributed by atoms with van der Waals surface area (Å²) in [6.07, 6.45) is 4.20. The van der Waals surface area contributed by atoms with Gasteiger partial charge >= 0.3 is 5.97 Å². The van der Waals surface area contributed by atoms with Gasteiger partial charge in [-0.2, -0.15) is 5.10 Å². The van der Waals surface area contributed by atoms with Gasteiger partial charge in [-0.15, -0.1) is 0 Å². The summed E-state index contributed by atoms with van der Waals surface area (Å²) in [5.74, 6) is -0.953. The van der Waals surface area contributed by atoms with Gasteiger partial charge in [0.2, 0.25) is 23.6 Å². The molecule has 1 aliphatic rings. The molecule has 0 radical (unpaired) electrons. The highest BCUT2D eigenvalue weighted by molar-refractivity contribution is 6.05. The van der Waals surface area contributed by atoms with E-state index in [0.29, 0.717) is 95.7 Å². The second kappa shape index (κ2) is 18.0. The highest BCUT2D eigenvalue weighted by atomic mass is 16.5. The van der Waals surface area contributed by atoms with Gasteiger partial charge in [0.05, 0.1) is 53.8 Å². The van der Waals surface area contributed by atoms with Crippen molar-refractivity contribution in [1.29, 1.82) is 0 Å². The van der Waals surface area contributed by atoms with Gasteiger partial charge in [-0.25, -0.2) is 19.7 Å². The van der Waals surface area contributed by atoms with Gasteiger partial charge in [0.1, 0.15) is 23.6 Å². The normalized spacial score (nSPS) is 13.3. The highest BCUT2D eigenvalue weighted by Gasteiger charge is 2.24. The lowest BCUT2D eigenvalue weighted by Crippen LogP contribution is -2.38. The summed E-state index contributed by atoms with van der Waals surface area (Å²) in [7, 11) is 1.30. The number of anilines is 2. The minimum Gasteiger partial charge on any atom is -0.490 e. The Labute approximate surface area is 344 Å². The zero-order chi connectivity index (χ0) is 42.5. The molecule has 1 saturated heterocycles. The van der Waals surface area contributed by atoms with E-state index < -0.39 is 23.7 Å². The van der Waals surface area contributed by atoms with Gasteiger partial charge in [0.15, 0.2) is 5.89 Å². The molecule has 314 valence electrons. The van der Waals surface area contributed by atoms with Crippen molar-refractivity contribution in [2.75, 3.05) is 57.2 Å². The number of allylic oxidation sites excluding steroid dienone is 2. The van der Waals surface area contributed by atoms with Crippen LogP contribution in [0.15, 0.2) is 53.0 Å². The van der Waals surface area contributed by atoms with Gasteiger partial charge in [-0.3, -0.25) is 34.6 Å². The van der Waals surface area contributed by atoms with E-state index in [-0.39, 0.29) is 36.3 Å². The fraction of sp³-hybridized carbons (Fsp3) is 0.366. The quantitative estimate of drug-likeness (QED) is 0.0923. The van der Waals surface area contributed by atoms with Gasteiger partial charge in [-0.05, 0) is 56.7 Å². The number of hydrogen-bond acceptors (Lipinski definition) is 13. The molecule has 2 aromatic carbocycles. The number of nitrogens with zero attached hydrogens (tertiary/aromatic N) is 8. The number of methoxy groups -OCH3 is 1. The van der Waals surface area contributed by atoms with Crippen molar-refractivity contribution >= 4 is 57.7 Å². The second-order valence-corrected chi connectivity index (χ2v) is 14.0. The summed E-state index contributed by atoms with van der Waals surface area (Å²) >= 11 is 0. The SMILES string of the molecule is CCc1nc(C)oc1C(=O)Nc1nc2cc(C(N)=O)cc(OCCN3CCOCC3)c2n1C/C=C/Cn1c(NC(=O)c2cc(C)nn2CC)nc2cc(C(=O)OC)ccc21. The van der Waals surface area contributed by atoms with Crippen molar-refractivity contribution in [3.63, 3.8) is 0 Å². The molecular formula is C41H47N11O8. The molecule has 3 amide bonds. The van der Waals surface area contributed by atoms with Gasteiger partial charge < -0.3 is 33.5 Å². The largest absolute Gasteiger partial charge is 0.490 e. The summed E-state index contributed by atoms with van der Waals surface area (Å²) < 4.78 is 27.6. The Morgan fingerprint density at radius 2 is 1.58 bits per heavy atom. The van der Waals surface area contributed by atoms with Crippen molar-refractivity contribution < 1.29 is 37.8 Å². The Morgan fingerprint density at radius 1 is 0.883 bits per heavy atom. The summed E-state index contributed by atoms with van der Waals surface area (Å²) in [4.78, 5) is 68.1. The third-order valence-electron chi connectivity index (χ3n) is 10.0. The van der Waals surface area contributed by atoms with E-state index in [2.05, 4.69) is 25.6 Å². The van der Waals surface area contributed by atoms with Crippen LogP contribution in [0.3, 0.4) is 0 Å². The second-order valence-electron chi connectivity index (χ2n) is 14.0. The van der Waals surface area contributed by atoms with Crippen molar-refractivity contribution in [2.24, 2.45) is 5.73 Å². The molecule has 6 aromatic rings. The zero-order valence-electron chi connectivity index (χ0n) is 34.1. The molecule has 4 aromatic heterocycles. The number of aromatic nitrogens is 7. The van der Waals surface area contributed by atoms with Gasteiger partial charge in [0.25, 0.3) is 11.8 Å². The van der Waals surface area contributed by atoms with Crippen molar-refractivity contribution in [1.82, 2.24) is 38.8 Å². The van der Waals surface area contributed by atoms with E-state index in [1.54, 1.807) is 57.1 Å². The number of benzene rings is 2. The van der Waals surface area contributed by atoms with Crippen LogP contribution in [-0.4, -0.2) is 109 Å². The number of carbonyl (C=O) groups excluding carboxylic acids is 4. The molecule has 4 N–H and O–H groups in total. The number of ether oxygens (including phenoxy) is 3. The highest BCUT2D eigenvalue weighted by Crippen LogP contribution is 2.32. The number of nitrogens with one attached hydrogen (secondary N) is 2. The number of primary amides is 1. The lowest BCUT2D eigenvalue weighted by molar-refractivity contribution is 0.0323. The molecule has 0 aliphatic carbocycles. The number of imidazole rings is 2. The number of morpholine rings is 1. The van der Waals surface area contributed by atoms with Crippen LogP contribution in [0.25, 0.3) is 22.1 Å². The predicted octanol–water partition coefficient (Wildman–Crippen LogP) is 4.13. The third kappa shape index (κ3) is 8.76. The topological polar surface area (TPSA) is 229 Å². The number of rotatable bonds is 16. The van der Waals surface area contributed by atoms with Crippen molar-refractivity contribution in [3.05, 3.63) is 88.4 Å². The molecule has 0 spiro atoms. The minimum atomic E-state index is -0.664. The van der Waals surface area contributed by atoms with Crippen LogP contribution in [-0.2, 0) is 35.5 Å². The molecule has 19 heteroatoms. The maximum absolute atomic E-state index is 13.7. The van der Waals surface area contributed by atoms with Crippen LogP contribution < -0.4 is 21.1 Å². The fourth-order valence-electron chi connectivity index (χ4n) is 7.06. The Bertz CT molecular complexity index is 2610. The number of amides is 3. The molecular weight excluding hydrogens is 775 g/mol. The van der Waals surface area contributed by atoms with Crippen LogP contribution in [0, 0.1) is 13.8 Å². The van der Waals surface area contributed by atoms with Crippen molar-refractivity contribution in [2.45, 2.75) is 53.8 Å². The van der Waals surface area contributed by atoms with E-state index in [1.165, 1.54) is 7.11 Å². The standard InChI is InChI=1S/C41H47N11O8/c1-6-28-35(60-25(4)43-28)38(55)47-41-45-30-22-27(36(42)53)23-33(59-19-16-49-14-17-58-18-15-49)34(30)51(41)13-9-8-12-50-31-11-10-26(39(56)57-5)21-29(31)44-40(50)46-37(54)32-20-24(3)48-52(32)7-2/h8-11,20-23H,6-7,12-19H2,1-5H3,(H2,42,53)(H,44,46,54)(H,45,47,55)/b9-8+. The summed E-state index contributed by atoms with van der Waals surface area (Å²) in [6, 6.07) is 9.80. The maximum atomic E-state index is 13.7. The maximum Gasteiger partial charge on any atom is 0.337 e. The first-order chi connectivity index (χ1) is 29.0. The van der Waals surface area contributed by atoms with Crippen LogP contribution in [0.4, 0.5) is 11.9 Å². The number of hydrogen-bond donors (Lipinski definition) is 3. The number of carbonyl (C=O) groups is 4. The van der Waals surface area contributed by atoms with E-state index in [0.717, 1.165) is 13.1 Å². The molecule has 60 heavy (non-hydrogen) atoms. The Kier molecular flexibility index (Phi) is 12.4. The number of esters is 1. The lowest BCUT2D eigenvalue weighted by atomic mass is 10.1. The summed E-state index contributed by atoms with van der Waals surface area (Å²) in [6.45, 7) is 11.9. The number of aryl methyl sites for hydroxylation is 4. The smallest absolute Gasteiger partial charge is 0.337 e. The number of oxazole rings is 1. The summed E-state index contributed by atoms with van der Waals surface area (Å²) in [5, 5.41) is 10.2. The molecule has 5 heterocycles. The van der Waals surface area contributed by atoms with Gasteiger partial charge in [-0.1, -0.05) is 19.1 Å². The zero-order valence-corrected chi connectivity index (χ0v) is 34.1. The first-order valence-corrected chi connectivity index (χ1v) is 19.6. The predicted molar refractivity (Wildman–Crippen MR) is 220 cm³/mol. The third-order valence-corrected chi connectivity index (χ3v) is 10.0. The van der Waals surface area contributed by atoms with Crippen LogP contribution >= 0.6 is 0 Å². The average Bonchev–Trinajstić information content (AvgIpc) is 4.01. The number of fused-ring (bicyclic) bond motifs is 2. The monoisotopic (exact) mass is 821 g/mol. The number of nitrogens with two attached hydrogens (primary N) is 1. The molecule has 0 bridgehead atoms. The Hall–Kier alpha value is -6.86. The minimum absolute atomic E-state index is 0.0676. The molecule has 1 fully saturated rings. The molecule has 19 nitrogen and oxygen atoms in total. The molecule has 1 aliphatic heterocycles. The van der Waals surface area contributed by atoms with Crippen LogP contribution in [0.1, 0.15) is 72.9 Å². The van der Waals surface area contributed by atoms with E-state index >= 15 is 0 Å².